The summed E-state index contributed by atoms with van der Waals surface area (Å²) < 4.78 is 12.9. The molecule has 0 atom stereocenters. The minimum absolute atomic E-state index is 0.176. The minimum atomic E-state index is 0.176. The summed E-state index contributed by atoms with van der Waals surface area (Å²) in [5.41, 5.74) is 2.25. The predicted molar refractivity (Wildman–Crippen MR) is 121 cm³/mol. The number of anilines is 1. The molecule has 0 saturated heterocycles. The third kappa shape index (κ3) is 4.94. The normalized spacial score (nSPS) is 13.8. The van der Waals surface area contributed by atoms with Gasteiger partial charge in [-0.15, -0.1) is 0 Å². The molecule has 9 nitrogen and oxygen atoms in total. The highest BCUT2D eigenvalue weighted by atomic mass is 16.5. The van der Waals surface area contributed by atoms with Crippen molar-refractivity contribution < 1.29 is 14.1 Å². The molecule has 166 valence electrons. The Morgan fingerprint density at radius 2 is 2.06 bits per heavy atom. The van der Waals surface area contributed by atoms with Crippen LogP contribution in [0.25, 0.3) is 10.9 Å². The van der Waals surface area contributed by atoms with Gasteiger partial charge in [0.1, 0.15) is 17.8 Å². The third-order valence-corrected chi connectivity index (χ3v) is 5.45. The maximum atomic E-state index is 10.1. The van der Waals surface area contributed by atoms with Crippen LogP contribution in [0.4, 0.5) is 5.82 Å². The van der Waals surface area contributed by atoms with Crippen molar-refractivity contribution in [3.8, 4) is 11.6 Å². The summed E-state index contributed by atoms with van der Waals surface area (Å²) in [6.07, 6.45) is 6.43. The molecule has 1 saturated carbocycles. The number of amides is 1. The van der Waals surface area contributed by atoms with Crippen LogP contribution < -0.4 is 15.4 Å². The van der Waals surface area contributed by atoms with E-state index in [1.54, 1.807) is 6.07 Å². The van der Waals surface area contributed by atoms with Gasteiger partial charge in [0.2, 0.25) is 12.3 Å². The lowest BCUT2D eigenvalue weighted by Gasteiger charge is -2.06. The van der Waals surface area contributed by atoms with Crippen LogP contribution in [-0.4, -0.2) is 33.1 Å². The number of aromatic nitrogens is 4. The van der Waals surface area contributed by atoms with Crippen molar-refractivity contribution >= 4 is 23.1 Å². The second-order valence-electron chi connectivity index (χ2n) is 8.03. The van der Waals surface area contributed by atoms with Crippen molar-refractivity contribution in [3.63, 3.8) is 0 Å². The van der Waals surface area contributed by atoms with Gasteiger partial charge < -0.3 is 24.5 Å². The zero-order valence-corrected chi connectivity index (χ0v) is 18.3. The molecular weight excluding hydrogens is 408 g/mol. The smallest absolute Gasteiger partial charge is 0.222 e. The Bertz CT molecular complexity index is 1210. The molecule has 1 fully saturated rings. The van der Waals surface area contributed by atoms with Gasteiger partial charge in [-0.25, -0.2) is 9.97 Å². The molecule has 2 N–H and O–H groups in total. The van der Waals surface area contributed by atoms with E-state index in [4.69, 9.17) is 9.26 Å². The van der Waals surface area contributed by atoms with Gasteiger partial charge in [-0.1, -0.05) is 12.1 Å². The maximum Gasteiger partial charge on any atom is 0.222 e. The number of rotatable bonds is 7. The number of fused-ring (bicyclic) bond motifs is 1. The van der Waals surface area contributed by atoms with E-state index in [9.17, 15) is 4.79 Å². The fraction of sp³-hybridized carbons (Fsp3) is 0.304. The Morgan fingerprint density at radius 3 is 2.81 bits per heavy atom. The zero-order chi connectivity index (χ0) is 22.6. The number of aryl methyl sites for hydroxylation is 1. The Labute approximate surface area is 185 Å². The van der Waals surface area contributed by atoms with Gasteiger partial charge in [0, 0.05) is 48.2 Å². The lowest BCUT2D eigenvalue weighted by Crippen LogP contribution is -2.07. The van der Waals surface area contributed by atoms with E-state index in [0.717, 1.165) is 35.4 Å². The first-order valence-electron chi connectivity index (χ1n) is 10.4. The standard InChI is InChI=1S/C15H16N4O.C8H10N2O2/c1-16-9-12-8-15(18-10-17-12)20-13-3-4-14-11(7-13)5-6-19(14)2;1-8(2-3-8)6-4-7(9-5-11)10-12-6/h3-8,10,16H,9H2,1-2H3;4-5H,2-3H2,1H3,(H,9,10,11). The number of nitrogens with one attached hydrogen (secondary N) is 2. The van der Waals surface area contributed by atoms with Crippen LogP contribution in [0.1, 0.15) is 31.2 Å². The summed E-state index contributed by atoms with van der Waals surface area (Å²) in [6, 6.07) is 11.7. The summed E-state index contributed by atoms with van der Waals surface area (Å²) >= 11 is 0. The van der Waals surface area contributed by atoms with Crippen molar-refractivity contribution in [2.24, 2.45) is 7.05 Å². The van der Waals surface area contributed by atoms with E-state index < -0.39 is 0 Å². The molecule has 1 aliphatic rings. The van der Waals surface area contributed by atoms with E-state index in [1.807, 2.05) is 44.6 Å². The summed E-state index contributed by atoms with van der Waals surface area (Å²) in [7, 11) is 3.91. The van der Waals surface area contributed by atoms with Crippen LogP contribution >= 0.6 is 0 Å². The van der Waals surface area contributed by atoms with Crippen molar-refractivity contribution in [2.45, 2.75) is 31.7 Å². The maximum absolute atomic E-state index is 10.1. The molecule has 32 heavy (non-hydrogen) atoms. The molecule has 5 rings (SSSR count). The summed E-state index contributed by atoms with van der Waals surface area (Å²) in [5, 5.41) is 10.3. The molecular formula is C23H26N6O3. The topological polar surface area (TPSA) is 107 Å². The van der Waals surface area contributed by atoms with Crippen LogP contribution in [0.5, 0.6) is 11.6 Å². The third-order valence-electron chi connectivity index (χ3n) is 5.45. The summed E-state index contributed by atoms with van der Waals surface area (Å²) in [5.74, 6) is 2.69. The highest BCUT2D eigenvalue weighted by Crippen LogP contribution is 2.47. The SMILES string of the molecule is CC1(c2cc(NC=O)no2)CC1.CNCc1cc(Oc2ccc3c(ccn3C)c2)ncn1. The second-order valence-corrected chi connectivity index (χ2v) is 8.03. The van der Waals surface area contributed by atoms with E-state index in [-0.39, 0.29) is 5.41 Å². The van der Waals surface area contributed by atoms with Gasteiger partial charge >= 0.3 is 0 Å². The highest BCUT2D eigenvalue weighted by Gasteiger charge is 2.42. The Morgan fingerprint density at radius 1 is 1.22 bits per heavy atom. The number of hydrogen-bond acceptors (Lipinski definition) is 7. The van der Waals surface area contributed by atoms with Gasteiger partial charge in [0.05, 0.1) is 5.69 Å². The Kier molecular flexibility index (Phi) is 6.18. The van der Waals surface area contributed by atoms with Gasteiger partial charge in [0.25, 0.3) is 0 Å². The molecule has 0 bridgehead atoms. The first-order chi connectivity index (χ1) is 15.5. The summed E-state index contributed by atoms with van der Waals surface area (Å²) in [6.45, 7) is 2.81. The number of benzene rings is 1. The van der Waals surface area contributed by atoms with Gasteiger partial charge in [-0.3, -0.25) is 4.79 Å². The lowest BCUT2D eigenvalue weighted by atomic mass is 10.1. The van der Waals surface area contributed by atoms with Crippen molar-refractivity contribution in [1.29, 1.82) is 0 Å². The van der Waals surface area contributed by atoms with Crippen LogP contribution in [0.2, 0.25) is 0 Å². The first kappa shape index (κ1) is 21.5. The monoisotopic (exact) mass is 434 g/mol. The molecule has 9 heteroatoms. The van der Waals surface area contributed by atoms with Gasteiger partial charge in [0.15, 0.2) is 5.82 Å². The zero-order valence-electron chi connectivity index (χ0n) is 18.3. The molecule has 1 aromatic carbocycles. The fourth-order valence-electron chi connectivity index (χ4n) is 3.28. The molecule has 0 unspecified atom stereocenters. The fourth-order valence-corrected chi connectivity index (χ4v) is 3.28. The number of hydrogen-bond donors (Lipinski definition) is 2. The van der Waals surface area contributed by atoms with Crippen LogP contribution in [-0.2, 0) is 23.8 Å². The molecule has 3 aromatic heterocycles. The molecule has 3 heterocycles. The lowest BCUT2D eigenvalue weighted by molar-refractivity contribution is -0.105. The van der Waals surface area contributed by atoms with Crippen LogP contribution in [0, 0.1) is 0 Å². The Hall–Kier alpha value is -3.72. The molecule has 1 amide bonds. The average Bonchev–Trinajstić information content (AvgIpc) is 3.18. The number of nitrogens with zero attached hydrogens (tertiary/aromatic N) is 4. The minimum Gasteiger partial charge on any atom is -0.439 e. The van der Waals surface area contributed by atoms with Crippen molar-refractivity contribution in [3.05, 3.63) is 60.4 Å². The summed E-state index contributed by atoms with van der Waals surface area (Å²) in [4.78, 5) is 18.4. The molecule has 0 radical (unpaired) electrons. The molecule has 4 aromatic rings. The average molecular weight is 435 g/mol. The van der Waals surface area contributed by atoms with Gasteiger partial charge in [-0.2, -0.15) is 0 Å². The van der Waals surface area contributed by atoms with E-state index in [0.29, 0.717) is 24.7 Å². The number of carbonyl (C=O) groups excluding carboxylic acids is 1. The van der Waals surface area contributed by atoms with Crippen LogP contribution in [0.3, 0.4) is 0 Å². The number of carbonyl (C=O) groups is 1. The number of ether oxygens (including phenoxy) is 1. The van der Waals surface area contributed by atoms with Crippen molar-refractivity contribution in [2.75, 3.05) is 12.4 Å². The predicted octanol–water partition coefficient (Wildman–Crippen LogP) is 3.77. The molecule has 1 aliphatic carbocycles. The van der Waals surface area contributed by atoms with E-state index in [2.05, 4.69) is 43.3 Å². The van der Waals surface area contributed by atoms with Crippen LogP contribution in [0.15, 0.2) is 53.4 Å². The Balaban J connectivity index is 0.000000174. The van der Waals surface area contributed by atoms with Gasteiger partial charge in [-0.05, 0) is 44.2 Å². The molecule has 0 aliphatic heterocycles. The quantitative estimate of drug-likeness (QED) is 0.426. The highest BCUT2D eigenvalue weighted by molar-refractivity contribution is 5.81. The largest absolute Gasteiger partial charge is 0.439 e. The van der Waals surface area contributed by atoms with E-state index in [1.165, 1.54) is 11.8 Å². The first-order valence-corrected chi connectivity index (χ1v) is 10.4. The van der Waals surface area contributed by atoms with E-state index >= 15 is 0 Å². The second kappa shape index (κ2) is 9.19. The van der Waals surface area contributed by atoms with Crippen molar-refractivity contribution in [1.82, 2.24) is 25.0 Å². The molecule has 0 spiro atoms.